The lowest BCUT2D eigenvalue weighted by molar-refractivity contribution is -0.114. The molecule has 3 aromatic rings. The minimum absolute atomic E-state index is 0.0594. The van der Waals surface area contributed by atoms with Crippen molar-refractivity contribution in [3.8, 4) is 0 Å². The van der Waals surface area contributed by atoms with Gasteiger partial charge in [0, 0.05) is 5.75 Å². The number of aromatic nitrogens is 2. The Bertz CT molecular complexity index is 969. The highest BCUT2D eigenvalue weighted by Crippen LogP contribution is 2.26. The number of carbonyl (C=O) groups excluding carboxylic acids is 2. The standard InChI is InChI=1S/C19H17FN4O2S3/c20-14-8-4-5-9-15(14)21-17(26)12-28-19-24-23-18(29-19)22-16(25)11-27-10-13-6-2-1-3-7-13/h1-9H,10-12H2,(H,21,26)(H,22,23,25). The van der Waals surface area contributed by atoms with E-state index in [0.717, 1.165) is 11.3 Å². The van der Waals surface area contributed by atoms with E-state index in [9.17, 15) is 14.0 Å². The zero-order chi connectivity index (χ0) is 20.5. The molecule has 0 fully saturated rings. The monoisotopic (exact) mass is 448 g/mol. The van der Waals surface area contributed by atoms with Gasteiger partial charge in [0.2, 0.25) is 16.9 Å². The number of amides is 2. The van der Waals surface area contributed by atoms with Crippen LogP contribution in [0.1, 0.15) is 5.56 Å². The van der Waals surface area contributed by atoms with Gasteiger partial charge in [-0.25, -0.2) is 4.39 Å². The normalized spacial score (nSPS) is 10.5. The lowest BCUT2D eigenvalue weighted by atomic mass is 10.2. The number of carbonyl (C=O) groups is 2. The molecule has 0 aliphatic rings. The first-order valence-corrected chi connectivity index (χ1v) is 11.5. The molecule has 6 nitrogen and oxygen atoms in total. The number of halogens is 1. The fourth-order valence-corrected chi connectivity index (χ4v) is 4.54. The number of para-hydroxylation sites is 1. The molecule has 3 rings (SSSR count). The molecule has 0 spiro atoms. The molecule has 29 heavy (non-hydrogen) atoms. The Morgan fingerprint density at radius 1 is 0.931 bits per heavy atom. The van der Waals surface area contributed by atoms with Crippen molar-refractivity contribution in [2.45, 2.75) is 10.1 Å². The Hall–Kier alpha value is -2.43. The van der Waals surface area contributed by atoms with Crippen LogP contribution < -0.4 is 10.6 Å². The molecule has 0 bridgehead atoms. The number of thioether (sulfide) groups is 2. The van der Waals surface area contributed by atoms with Crippen LogP contribution in [0.5, 0.6) is 0 Å². The number of anilines is 2. The summed E-state index contributed by atoms with van der Waals surface area (Å²) in [5.41, 5.74) is 1.30. The predicted octanol–water partition coefficient (Wildman–Crippen LogP) is 4.28. The van der Waals surface area contributed by atoms with Gasteiger partial charge in [-0.2, -0.15) is 0 Å². The number of rotatable bonds is 9. The van der Waals surface area contributed by atoms with Crippen LogP contribution in [-0.4, -0.2) is 33.5 Å². The Kier molecular flexibility index (Phi) is 8.03. The summed E-state index contributed by atoms with van der Waals surface area (Å²) in [5.74, 6) is 0.125. The largest absolute Gasteiger partial charge is 0.323 e. The molecule has 0 aliphatic carbocycles. The number of hydrogen-bond acceptors (Lipinski definition) is 7. The van der Waals surface area contributed by atoms with Gasteiger partial charge in [0.25, 0.3) is 0 Å². The number of nitrogens with zero attached hydrogens (tertiary/aromatic N) is 2. The molecular formula is C19H17FN4O2S3. The van der Waals surface area contributed by atoms with E-state index < -0.39 is 5.82 Å². The van der Waals surface area contributed by atoms with Gasteiger partial charge in [0.05, 0.1) is 17.2 Å². The zero-order valence-corrected chi connectivity index (χ0v) is 17.6. The van der Waals surface area contributed by atoms with Crippen LogP contribution in [0.4, 0.5) is 15.2 Å². The molecule has 1 heterocycles. The summed E-state index contributed by atoms with van der Waals surface area (Å²) in [6.45, 7) is 0. The lowest BCUT2D eigenvalue weighted by Crippen LogP contribution is -2.14. The van der Waals surface area contributed by atoms with Gasteiger partial charge in [0.15, 0.2) is 4.34 Å². The second-order valence-corrected chi connectivity index (χ2v) is 8.90. The van der Waals surface area contributed by atoms with E-state index in [4.69, 9.17) is 0 Å². The van der Waals surface area contributed by atoms with Crippen molar-refractivity contribution in [1.82, 2.24) is 10.2 Å². The Morgan fingerprint density at radius 2 is 1.66 bits per heavy atom. The maximum atomic E-state index is 13.5. The molecule has 0 saturated heterocycles. The SMILES string of the molecule is O=C(CSCc1ccccc1)Nc1nnc(SCC(=O)Nc2ccccc2F)s1. The molecule has 0 atom stereocenters. The summed E-state index contributed by atoms with van der Waals surface area (Å²) in [6, 6.07) is 15.9. The first kappa shape index (κ1) is 21.3. The summed E-state index contributed by atoms with van der Waals surface area (Å²) < 4.78 is 14.1. The van der Waals surface area contributed by atoms with Gasteiger partial charge < -0.3 is 5.32 Å². The minimum Gasteiger partial charge on any atom is -0.323 e. The lowest BCUT2D eigenvalue weighted by Gasteiger charge is -2.04. The van der Waals surface area contributed by atoms with Crippen LogP contribution >= 0.6 is 34.9 Å². The van der Waals surface area contributed by atoms with E-state index in [2.05, 4.69) is 20.8 Å². The average molecular weight is 449 g/mol. The zero-order valence-electron chi connectivity index (χ0n) is 15.1. The Morgan fingerprint density at radius 3 is 2.45 bits per heavy atom. The van der Waals surface area contributed by atoms with Gasteiger partial charge >= 0.3 is 0 Å². The number of nitrogens with one attached hydrogen (secondary N) is 2. The minimum atomic E-state index is -0.489. The van der Waals surface area contributed by atoms with Crippen LogP contribution in [0.2, 0.25) is 0 Å². The van der Waals surface area contributed by atoms with Gasteiger partial charge in [0.1, 0.15) is 5.82 Å². The summed E-state index contributed by atoms with van der Waals surface area (Å²) in [6.07, 6.45) is 0. The molecule has 2 amide bonds. The maximum Gasteiger partial charge on any atom is 0.236 e. The molecule has 0 radical (unpaired) electrons. The van der Waals surface area contributed by atoms with E-state index >= 15 is 0 Å². The topological polar surface area (TPSA) is 84.0 Å². The third-order valence-corrected chi connectivity index (χ3v) is 6.45. The second-order valence-electron chi connectivity index (χ2n) is 5.72. The highest BCUT2D eigenvalue weighted by atomic mass is 32.2. The van der Waals surface area contributed by atoms with Gasteiger partial charge in [-0.1, -0.05) is 65.6 Å². The number of benzene rings is 2. The highest BCUT2D eigenvalue weighted by molar-refractivity contribution is 8.01. The smallest absolute Gasteiger partial charge is 0.236 e. The highest BCUT2D eigenvalue weighted by Gasteiger charge is 2.12. The van der Waals surface area contributed by atoms with Crippen LogP contribution in [-0.2, 0) is 15.3 Å². The van der Waals surface area contributed by atoms with Crippen molar-refractivity contribution in [3.05, 3.63) is 66.0 Å². The molecule has 2 N–H and O–H groups in total. The van der Waals surface area contributed by atoms with Crippen molar-refractivity contribution in [2.24, 2.45) is 0 Å². The maximum absolute atomic E-state index is 13.5. The van der Waals surface area contributed by atoms with Crippen LogP contribution in [0.15, 0.2) is 58.9 Å². The van der Waals surface area contributed by atoms with Gasteiger partial charge in [-0.05, 0) is 17.7 Å². The summed E-state index contributed by atoms with van der Waals surface area (Å²) in [4.78, 5) is 24.0. The molecular weight excluding hydrogens is 431 g/mol. The summed E-state index contributed by atoms with van der Waals surface area (Å²) in [5, 5.41) is 13.5. The molecule has 0 unspecified atom stereocenters. The van der Waals surface area contributed by atoms with Crippen molar-refractivity contribution in [2.75, 3.05) is 22.1 Å². The van der Waals surface area contributed by atoms with E-state index in [0.29, 0.717) is 15.2 Å². The fourth-order valence-electron chi connectivity index (χ4n) is 2.19. The third-order valence-electron chi connectivity index (χ3n) is 3.47. The number of hydrogen-bond donors (Lipinski definition) is 2. The quantitative estimate of drug-likeness (QED) is 0.376. The molecule has 0 aliphatic heterocycles. The molecule has 0 saturated carbocycles. The fraction of sp³-hybridized carbons (Fsp3) is 0.158. The molecule has 150 valence electrons. The van der Waals surface area contributed by atoms with E-state index in [1.165, 1.54) is 47.0 Å². The van der Waals surface area contributed by atoms with Crippen molar-refractivity contribution in [1.29, 1.82) is 0 Å². The third kappa shape index (κ3) is 7.15. The van der Waals surface area contributed by atoms with Crippen LogP contribution in [0.3, 0.4) is 0 Å². The van der Waals surface area contributed by atoms with E-state index in [1.54, 1.807) is 12.1 Å². The van der Waals surface area contributed by atoms with Crippen LogP contribution in [0, 0.1) is 5.82 Å². The van der Waals surface area contributed by atoms with Gasteiger partial charge in [-0.15, -0.1) is 22.0 Å². The first-order valence-electron chi connectivity index (χ1n) is 8.52. The van der Waals surface area contributed by atoms with Crippen LogP contribution in [0.25, 0.3) is 0 Å². The van der Waals surface area contributed by atoms with Gasteiger partial charge in [-0.3, -0.25) is 14.9 Å². The molecule has 1 aromatic heterocycles. The summed E-state index contributed by atoms with van der Waals surface area (Å²) >= 11 is 3.87. The van der Waals surface area contributed by atoms with Crippen molar-refractivity contribution in [3.63, 3.8) is 0 Å². The average Bonchev–Trinajstić information content (AvgIpc) is 3.16. The Balaban J connectivity index is 1.39. The van der Waals surface area contributed by atoms with E-state index in [-0.39, 0.29) is 23.3 Å². The predicted molar refractivity (Wildman–Crippen MR) is 117 cm³/mol. The molecule has 10 heteroatoms. The second kappa shape index (κ2) is 10.9. The van der Waals surface area contributed by atoms with E-state index in [1.807, 2.05) is 30.3 Å². The van der Waals surface area contributed by atoms with Crippen molar-refractivity contribution < 1.29 is 14.0 Å². The molecule has 2 aromatic carbocycles. The summed E-state index contributed by atoms with van der Waals surface area (Å²) in [7, 11) is 0. The van der Waals surface area contributed by atoms with Crippen molar-refractivity contribution >= 4 is 57.5 Å². The first-order chi connectivity index (χ1) is 14.1. The Labute approximate surface area is 179 Å².